The third-order valence-corrected chi connectivity index (χ3v) is 3.11. The smallest absolute Gasteiger partial charge is 0.0588 e. The number of hydrogen-bond donors (Lipinski definition) is 1. The topological polar surface area (TPSA) is 39.1 Å². The molecule has 0 aromatic carbocycles. The first-order chi connectivity index (χ1) is 7.79. The van der Waals surface area contributed by atoms with Crippen LogP contribution in [0.25, 0.3) is 6.20 Å². The molecule has 1 N–H and O–H groups in total. The van der Waals surface area contributed by atoms with Crippen molar-refractivity contribution in [2.45, 2.75) is 26.0 Å². The molecule has 0 aliphatic carbocycles. The van der Waals surface area contributed by atoms with Crippen molar-refractivity contribution in [3.63, 3.8) is 0 Å². The van der Waals surface area contributed by atoms with E-state index in [4.69, 9.17) is 4.74 Å². The molecular formula is C12H19N3O. The number of ether oxygens (including phenoxy) is 1. The molecule has 16 heavy (non-hydrogen) atoms. The van der Waals surface area contributed by atoms with Gasteiger partial charge in [-0.25, -0.2) is 4.68 Å². The van der Waals surface area contributed by atoms with E-state index in [1.165, 1.54) is 12.0 Å². The summed E-state index contributed by atoms with van der Waals surface area (Å²) >= 11 is 0. The highest BCUT2D eigenvalue weighted by Gasteiger charge is 2.23. The van der Waals surface area contributed by atoms with Gasteiger partial charge >= 0.3 is 0 Å². The second-order valence-corrected chi connectivity index (χ2v) is 4.27. The van der Waals surface area contributed by atoms with Crippen molar-refractivity contribution in [2.24, 2.45) is 5.92 Å². The Morgan fingerprint density at radius 3 is 3.25 bits per heavy atom. The fourth-order valence-electron chi connectivity index (χ4n) is 2.01. The molecule has 1 fully saturated rings. The van der Waals surface area contributed by atoms with Crippen LogP contribution in [0.15, 0.2) is 19.0 Å². The lowest BCUT2D eigenvalue weighted by atomic mass is 10.0. The first-order valence-corrected chi connectivity index (χ1v) is 5.77. The van der Waals surface area contributed by atoms with E-state index in [0.29, 0.717) is 12.0 Å². The molecule has 1 aliphatic rings. The fraction of sp³-hybridized carbons (Fsp3) is 0.583. The van der Waals surface area contributed by atoms with Gasteiger partial charge in [-0.15, -0.1) is 0 Å². The lowest BCUT2D eigenvalue weighted by Gasteiger charge is -2.14. The average molecular weight is 221 g/mol. The standard InChI is InChI=1S/C12H19N3O/c1-3-15-9-11(7-14-15)6-13-8-12-4-5-16-10(12)2/h3,7,9-10,12-13H,1,4-6,8H2,2H3. The largest absolute Gasteiger partial charge is 0.378 e. The molecule has 0 amide bonds. The predicted molar refractivity (Wildman–Crippen MR) is 63.8 cm³/mol. The summed E-state index contributed by atoms with van der Waals surface area (Å²) in [6.07, 6.45) is 7.09. The Hall–Kier alpha value is -1.13. The number of nitrogens with zero attached hydrogens (tertiary/aromatic N) is 2. The van der Waals surface area contributed by atoms with Gasteiger partial charge in [0.2, 0.25) is 0 Å². The van der Waals surface area contributed by atoms with Crippen LogP contribution in [-0.2, 0) is 11.3 Å². The van der Waals surface area contributed by atoms with Crippen LogP contribution < -0.4 is 5.32 Å². The molecule has 1 aliphatic heterocycles. The van der Waals surface area contributed by atoms with E-state index in [9.17, 15) is 0 Å². The van der Waals surface area contributed by atoms with E-state index in [0.717, 1.165) is 19.7 Å². The highest BCUT2D eigenvalue weighted by molar-refractivity contribution is 5.17. The highest BCUT2D eigenvalue weighted by Crippen LogP contribution is 2.19. The van der Waals surface area contributed by atoms with E-state index >= 15 is 0 Å². The maximum Gasteiger partial charge on any atom is 0.0588 e. The third kappa shape index (κ3) is 2.71. The molecule has 88 valence electrons. The van der Waals surface area contributed by atoms with Gasteiger partial charge in [0.15, 0.2) is 0 Å². The van der Waals surface area contributed by atoms with Gasteiger partial charge < -0.3 is 10.1 Å². The Morgan fingerprint density at radius 1 is 1.75 bits per heavy atom. The summed E-state index contributed by atoms with van der Waals surface area (Å²) in [5.74, 6) is 0.648. The van der Waals surface area contributed by atoms with Gasteiger partial charge in [-0.05, 0) is 19.3 Å². The number of hydrogen-bond acceptors (Lipinski definition) is 3. The van der Waals surface area contributed by atoms with Gasteiger partial charge in [0.25, 0.3) is 0 Å². The molecule has 4 heteroatoms. The molecule has 2 atom stereocenters. The Bertz CT molecular complexity index is 348. The predicted octanol–water partition coefficient (Wildman–Crippen LogP) is 1.50. The molecule has 1 aromatic heterocycles. The van der Waals surface area contributed by atoms with Crippen LogP contribution in [0.1, 0.15) is 18.9 Å². The molecule has 1 aromatic rings. The second kappa shape index (κ2) is 5.27. The van der Waals surface area contributed by atoms with Crippen molar-refractivity contribution in [1.82, 2.24) is 15.1 Å². The maximum atomic E-state index is 5.52. The zero-order chi connectivity index (χ0) is 11.4. The van der Waals surface area contributed by atoms with Crippen LogP contribution in [0.2, 0.25) is 0 Å². The summed E-state index contributed by atoms with van der Waals surface area (Å²) in [5, 5.41) is 7.58. The lowest BCUT2D eigenvalue weighted by Crippen LogP contribution is -2.26. The first-order valence-electron chi connectivity index (χ1n) is 5.77. The molecule has 2 rings (SSSR count). The van der Waals surface area contributed by atoms with Gasteiger partial charge in [0.05, 0.1) is 12.3 Å². The van der Waals surface area contributed by atoms with E-state index in [1.807, 2.05) is 12.4 Å². The minimum absolute atomic E-state index is 0.392. The molecule has 0 radical (unpaired) electrons. The summed E-state index contributed by atoms with van der Waals surface area (Å²) < 4.78 is 7.24. The Morgan fingerprint density at radius 2 is 2.62 bits per heavy atom. The molecule has 2 heterocycles. The normalized spacial score (nSPS) is 24.8. The van der Waals surface area contributed by atoms with Crippen molar-refractivity contribution in [1.29, 1.82) is 0 Å². The van der Waals surface area contributed by atoms with E-state index < -0.39 is 0 Å². The van der Waals surface area contributed by atoms with Crippen molar-refractivity contribution >= 4 is 6.20 Å². The summed E-state index contributed by atoms with van der Waals surface area (Å²) in [7, 11) is 0. The van der Waals surface area contributed by atoms with Gasteiger partial charge in [0, 0.05) is 37.7 Å². The summed E-state index contributed by atoms with van der Waals surface area (Å²) in [4.78, 5) is 0. The zero-order valence-electron chi connectivity index (χ0n) is 9.72. The van der Waals surface area contributed by atoms with E-state index in [2.05, 4.69) is 23.9 Å². The zero-order valence-corrected chi connectivity index (χ0v) is 9.72. The maximum absolute atomic E-state index is 5.52. The summed E-state index contributed by atoms with van der Waals surface area (Å²) in [6.45, 7) is 8.59. The van der Waals surface area contributed by atoms with Crippen LogP contribution in [0.3, 0.4) is 0 Å². The number of rotatable bonds is 5. The number of aromatic nitrogens is 2. The molecular weight excluding hydrogens is 202 g/mol. The van der Waals surface area contributed by atoms with Crippen LogP contribution in [0.4, 0.5) is 0 Å². The van der Waals surface area contributed by atoms with Crippen LogP contribution >= 0.6 is 0 Å². The minimum atomic E-state index is 0.392. The molecule has 2 unspecified atom stereocenters. The van der Waals surface area contributed by atoms with Crippen molar-refractivity contribution in [2.75, 3.05) is 13.2 Å². The Kier molecular flexibility index (Phi) is 3.74. The fourth-order valence-corrected chi connectivity index (χ4v) is 2.01. The SMILES string of the molecule is C=Cn1cc(CNCC2CCOC2C)cn1. The van der Waals surface area contributed by atoms with Gasteiger partial charge in [-0.3, -0.25) is 0 Å². The molecule has 0 saturated carbocycles. The Labute approximate surface area is 96.3 Å². The van der Waals surface area contributed by atoms with Crippen molar-refractivity contribution in [3.05, 3.63) is 24.5 Å². The van der Waals surface area contributed by atoms with Crippen LogP contribution in [-0.4, -0.2) is 29.0 Å². The van der Waals surface area contributed by atoms with Crippen LogP contribution in [0.5, 0.6) is 0 Å². The molecule has 0 spiro atoms. The van der Waals surface area contributed by atoms with E-state index in [1.54, 1.807) is 10.9 Å². The second-order valence-electron chi connectivity index (χ2n) is 4.27. The molecule has 0 bridgehead atoms. The summed E-state index contributed by atoms with van der Waals surface area (Å²) in [5.41, 5.74) is 1.19. The lowest BCUT2D eigenvalue weighted by molar-refractivity contribution is 0.105. The van der Waals surface area contributed by atoms with Crippen molar-refractivity contribution < 1.29 is 4.74 Å². The quantitative estimate of drug-likeness (QED) is 0.819. The van der Waals surface area contributed by atoms with Gasteiger partial charge in [-0.1, -0.05) is 6.58 Å². The number of nitrogens with one attached hydrogen (secondary N) is 1. The molecule has 1 saturated heterocycles. The van der Waals surface area contributed by atoms with E-state index in [-0.39, 0.29) is 0 Å². The van der Waals surface area contributed by atoms with Gasteiger partial charge in [-0.2, -0.15) is 5.10 Å². The van der Waals surface area contributed by atoms with Crippen LogP contribution in [0, 0.1) is 5.92 Å². The average Bonchev–Trinajstić information content (AvgIpc) is 2.89. The Balaban J connectivity index is 1.73. The van der Waals surface area contributed by atoms with Crippen molar-refractivity contribution in [3.8, 4) is 0 Å². The minimum Gasteiger partial charge on any atom is -0.378 e. The summed E-state index contributed by atoms with van der Waals surface area (Å²) in [6, 6.07) is 0. The monoisotopic (exact) mass is 221 g/mol. The first kappa shape index (κ1) is 11.4. The third-order valence-electron chi connectivity index (χ3n) is 3.11. The van der Waals surface area contributed by atoms with Gasteiger partial charge in [0.1, 0.15) is 0 Å². The molecule has 4 nitrogen and oxygen atoms in total. The highest BCUT2D eigenvalue weighted by atomic mass is 16.5.